The third-order valence-electron chi connectivity index (χ3n) is 4.24. The molecular formula is C19H25N3O. The number of nitrogens with zero attached hydrogens (tertiary/aromatic N) is 3. The van der Waals surface area contributed by atoms with Crippen molar-refractivity contribution in [2.75, 3.05) is 24.6 Å². The highest BCUT2D eigenvalue weighted by atomic mass is 16.5. The summed E-state index contributed by atoms with van der Waals surface area (Å²) < 4.78 is 5.94. The molecule has 1 aromatic carbocycles. The number of aromatic nitrogens is 2. The first-order valence-electron chi connectivity index (χ1n) is 8.46. The first kappa shape index (κ1) is 15.9. The quantitative estimate of drug-likeness (QED) is 0.848. The molecule has 1 saturated heterocycles. The van der Waals surface area contributed by atoms with Crippen molar-refractivity contribution >= 4 is 5.82 Å². The molecule has 4 nitrogen and oxygen atoms in total. The Morgan fingerprint density at radius 3 is 2.83 bits per heavy atom. The molecule has 1 aliphatic heterocycles. The molecule has 1 unspecified atom stereocenters. The Morgan fingerprint density at radius 1 is 1.22 bits per heavy atom. The predicted molar refractivity (Wildman–Crippen MR) is 92.8 cm³/mol. The lowest BCUT2D eigenvalue weighted by atomic mass is 10.1. The zero-order valence-electron chi connectivity index (χ0n) is 14.0. The monoisotopic (exact) mass is 311 g/mol. The van der Waals surface area contributed by atoms with Crippen LogP contribution in [0, 0.1) is 0 Å². The van der Waals surface area contributed by atoms with E-state index >= 15 is 0 Å². The van der Waals surface area contributed by atoms with E-state index in [-0.39, 0.29) is 6.10 Å². The third-order valence-corrected chi connectivity index (χ3v) is 4.24. The summed E-state index contributed by atoms with van der Waals surface area (Å²) in [4.78, 5) is 11.4. The van der Waals surface area contributed by atoms with Gasteiger partial charge in [-0.3, -0.25) is 0 Å². The Hall–Kier alpha value is -1.94. The zero-order valence-corrected chi connectivity index (χ0v) is 14.0. The van der Waals surface area contributed by atoms with Gasteiger partial charge in [0.05, 0.1) is 12.7 Å². The van der Waals surface area contributed by atoms with Gasteiger partial charge >= 0.3 is 0 Å². The zero-order chi connectivity index (χ0) is 16.1. The highest BCUT2D eigenvalue weighted by molar-refractivity contribution is 5.38. The number of hydrogen-bond acceptors (Lipinski definition) is 4. The Labute approximate surface area is 138 Å². The molecule has 2 aromatic rings. The van der Waals surface area contributed by atoms with E-state index in [0.29, 0.717) is 5.92 Å². The van der Waals surface area contributed by atoms with Gasteiger partial charge in [-0.1, -0.05) is 44.2 Å². The van der Waals surface area contributed by atoms with Gasteiger partial charge in [0.1, 0.15) is 11.6 Å². The standard InChI is InChI=1S/C19H25N3O/c1-15(2)19-20-11-10-18(21-19)22-12-13-23-17(14-22)9-8-16-6-4-3-5-7-16/h3-7,10-11,15,17H,8-9,12-14H2,1-2H3. The lowest BCUT2D eigenvalue weighted by Crippen LogP contribution is -2.43. The van der Waals surface area contributed by atoms with Gasteiger partial charge in [0.25, 0.3) is 0 Å². The van der Waals surface area contributed by atoms with Crippen LogP contribution in [-0.2, 0) is 11.2 Å². The largest absolute Gasteiger partial charge is 0.375 e. The van der Waals surface area contributed by atoms with Crippen molar-refractivity contribution < 1.29 is 4.74 Å². The Balaban J connectivity index is 1.60. The van der Waals surface area contributed by atoms with Crippen molar-refractivity contribution in [3.05, 3.63) is 54.0 Å². The summed E-state index contributed by atoms with van der Waals surface area (Å²) in [6.07, 6.45) is 4.23. The molecule has 1 atom stereocenters. The lowest BCUT2D eigenvalue weighted by molar-refractivity contribution is 0.0352. The second-order valence-corrected chi connectivity index (χ2v) is 6.39. The van der Waals surface area contributed by atoms with Crippen molar-refractivity contribution in [2.24, 2.45) is 0 Å². The second kappa shape index (κ2) is 7.55. The summed E-state index contributed by atoms with van der Waals surface area (Å²) >= 11 is 0. The average molecular weight is 311 g/mol. The van der Waals surface area contributed by atoms with Gasteiger partial charge in [-0.15, -0.1) is 0 Å². The summed E-state index contributed by atoms with van der Waals surface area (Å²) in [5.74, 6) is 2.29. The molecule has 1 aromatic heterocycles. The molecule has 0 radical (unpaired) electrons. The molecule has 122 valence electrons. The minimum atomic E-state index is 0.265. The number of anilines is 1. The minimum absolute atomic E-state index is 0.265. The molecule has 0 spiro atoms. The second-order valence-electron chi connectivity index (χ2n) is 6.39. The number of aryl methyl sites for hydroxylation is 1. The van der Waals surface area contributed by atoms with E-state index in [1.165, 1.54) is 5.56 Å². The van der Waals surface area contributed by atoms with Gasteiger partial charge in [0, 0.05) is 25.2 Å². The van der Waals surface area contributed by atoms with Crippen molar-refractivity contribution in [3.8, 4) is 0 Å². The average Bonchev–Trinajstić information content (AvgIpc) is 2.61. The van der Waals surface area contributed by atoms with Crippen LogP contribution in [0.25, 0.3) is 0 Å². The van der Waals surface area contributed by atoms with Crippen LogP contribution in [0.15, 0.2) is 42.6 Å². The maximum absolute atomic E-state index is 5.94. The number of hydrogen-bond donors (Lipinski definition) is 0. The molecule has 0 amide bonds. The fourth-order valence-electron chi connectivity index (χ4n) is 2.89. The predicted octanol–water partition coefficient (Wildman–Crippen LogP) is 3.44. The Bertz CT molecular complexity index is 615. The fraction of sp³-hybridized carbons (Fsp3) is 0.474. The van der Waals surface area contributed by atoms with E-state index < -0.39 is 0 Å². The summed E-state index contributed by atoms with van der Waals surface area (Å²) in [6, 6.07) is 12.6. The molecule has 1 fully saturated rings. The van der Waals surface area contributed by atoms with Gasteiger partial charge in [0.2, 0.25) is 0 Å². The normalized spacial score (nSPS) is 18.4. The number of ether oxygens (including phenoxy) is 1. The molecule has 2 heterocycles. The van der Waals surface area contributed by atoms with E-state index in [1.807, 2.05) is 12.3 Å². The molecule has 23 heavy (non-hydrogen) atoms. The smallest absolute Gasteiger partial charge is 0.133 e. The van der Waals surface area contributed by atoms with Crippen molar-refractivity contribution in [2.45, 2.75) is 38.7 Å². The van der Waals surface area contributed by atoms with Crippen LogP contribution in [0.2, 0.25) is 0 Å². The van der Waals surface area contributed by atoms with Gasteiger partial charge in [-0.05, 0) is 24.5 Å². The Kier molecular flexibility index (Phi) is 5.23. The Morgan fingerprint density at radius 2 is 2.04 bits per heavy atom. The van der Waals surface area contributed by atoms with Gasteiger partial charge in [0.15, 0.2) is 0 Å². The fourth-order valence-corrected chi connectivity index (χ4v) is 2.89. The van der Waals surface area contributed by atoms with Crippen LogP contribution in [0.4, 0.5) is 5.82 Å². The van der Waals surface area contributed by atoms with Gasteiger partial charge in [-0.25, -0.2) is 9.97 Å². The van der Waals surface area contributed by atoms with Gasteiger partial charge < -0.3 is 9.64 Å². The first-order chi connectivity index (χ1) is 11.2. The van der Waals surface area contributed by atoms with Crippen molar-refractivity contribution in [1.29, 1.82) is 0 Å². The maximum atomic E-state index is 5.94. The van der Waals surface area contributed by atoms with E-state index in [2.05, 4.69) is 54.1 Å². The van der Waals surface area contributed by atoms with Crippen LogP contribution in [0.3, 0.4) is 0 Å². The van der Waals surface area contributed by atoms with Crippen molar-refractivity contribution in [3.63, 3.8) is 0 Å². The minimum Gasteiger partial charge on any atom is -0.375 e. The summed E-state index contributed by atoms with van der Waals surface area (Å²) in [5.41, 5.74) is 1.37. The summed E-state index contributed by atoms with van der Waals surface area (Å²) in [5, 5.41) is 0. The van der Waals surface area contributed by atoms with E-state index in [4.69, 9.17) is 9.72 Å². The van der Waals surface area contributed by atoms with Crippen LogP contribution in [-0.4, -0.2) is 35.8 Å². The van der Waals surface area contributed by atoms with Gasteiger partial charge in [-0.2, -0.15) is 0 Å². The van der Waals surface area contributed by atoms with E-state index in [9.17, 15) is 0 Å². The summed E-state index contributed by atoms with van der Waals surface area (Å²) in [6.45, 7) is 6.82. The lowest BCUT2D eigenvalue weighted by Gasteiger charge is -2.34. The molecule has 3 rings (SSSR count). The van der Waals surface area contributed by atoms with E-state index in [0.717, 1.165) is 44.2 Å². The first-order valence-corrected chi connectivity index (χ1v) is 8.46. The number of rotatable bonds is 5. The third kappa shape index (κ3) is 4.29. The summed E-state index contributed by atoms with van der Waals surface area (Å²) in [7, 11) is 0. The van der Waals surface area contributed by atoms with Crippen LogP contribution < -0.4 is 4.90 Å². The maximum Gasteiger partial charge on any atom is 0.133 e. The highest BCUT2D eigenvalue weighted by Crippen LogP contribution is 2.19. The molecule has 0 N–H and O–H groups in total. The van der Waals surface area contributed by atoms with Crippen LogP contribution in [0.1, 0.15) is 37.6 Å². The van der Waals surface area contributed by atoms with Crippen LogP contribution >= 0.6 is 0 Å². The molecule has 0 aliphatic carbocycles. The van der Waals surface area contributed by atoms with E-state index in [1.54, 1.807) is 0 Å². The SMILES string of the molecule is CC(C)c1nccc(N2CCOC(CCc3ccccc3)C2)n1. The molecule has 1 aliphatic rings. The van der Waals surface area contributed by atoms with Crippen LogP contribution in [0.5, 0.6) is 0 Å². The molecule has 0 bridgehead atoms. The topological polar surface area (TPSA) is 38.2 Å². The molecule has 4 heteroatoms. The molecule has 0 saturated carbocycles. The number of benzene rings is 1. The van der Waals surface area contributed by atoms with Crippen molar-refractivity contribution in [1.82, 2.24) is 9.97 Å². The molecular weight excluding hydrogens is 286 g/mol. The number of morpholine rings is 1. The highest BCUT2D eigenvalue weighted by Gasteiger charge is 2.21.